The summed E-state index contributed by atoms with van der Waals surface area (Å²) in [6, 6.07) is 53.6. The maximum absolute atomic E-state index is 2.56. The molecule has 3 unspecified atom stereocenters. The fraction of sp³-hybridized carbons (Fsp3) is 0.302. The summed E-state index contributed by atoms with van der Waals surface area (Å²) in [7, 11) is 3.47. The minimum absolute atomic E-state index is 0.355. The quantitative estimate of drug-likeness (QED) is 0.138. The average Bonchev–Trinajstić information content (AvgIpc) is 3.81. The van der Waals surface area contributed by atoms with Crippen LogP contribution in [0.3, 0.4) is 0 Å². The van der Waals surface area contributed by atoms with Crippen LogP contribution in [0.25, 0.3) is 0 Å². The van der Waals surface area contributed by atoms with Gasteiger partial charge in [0.2, 0.25) is 0 Å². The molecule has 0 saturated heterocycles. The molecular weight excluding hydrogens is 592 g/mol. The predicted molar refractivity (Wildman–Crippen MR) is 203 cm³/mol. The van der Waals surface area contributed by atoms with Gasteiger partial charge in [0, 0.05) is 6.04 Å². The minimum atomic E-state index is -0.688. The summed E-state index contributed by atoms with van der Waals surface area (Å²) in [5.41, 5.74) is 3.81. The Morgan fingerprint density at radius 3 is 1.65 bits per heavy atom. The lowest BCUT2D eigenvalue weighted by molar-refractivity contribution is 0.218. The molecule has 5 aromatic carbocycles. The van der Waals surface area contributed by atoms with Crippen molar-refractivity contribution in [2.75, 3.05) is 14.1 Å². The van der Waals surface area contributed by atoms with Crippen LogP contribution in [0.2, 0.25) is 0 Å². The van der Waals surface area contributed by atoms with Gasteiger partial charge >= 0.3 is 0 Å². The van der Waals surface area contributed by atoms with Gasteiger partial charge in [0.1, 0.15) is 0 Å². The highest BCUT2D eigenvalue weighted by atomic mass is 31.1. The molecule has 2 saturated carbocycles. The number of benzene rings is 5. The molecule has 2 aliphatic rings. The van der Waals surface area contributed by atoms with Gasteiger partial charge in [-0.15, -0.1) is 0 Å². The summed E-state index contributed by atoms with van der Waals surface area (Å²) in [6.45, 7) is 0. The van der Waals surface area contributed by atoms with E-state index in [1.807, 2.05) is 0 Å². The molecule has 0 amide bonds. The van der Waals surface area contributed by atoms with Gasteiger partial charge in [0.15, 0.2) is 0 Å². The molecule has 2 fully saturated rings. The zero-order valence-electron chi connectivity index (χ0n) is 27.4. The Hall–Kier alpha value is -3.08. The Morgan fingerprint density at radius 1 is 0.522 bits per heavy atom. The minimum Gasteiger partial charge on any atom is -0.302 e. The lowest BCUT2D eigenvalue weighted by atomic mass is 9.90. The van der Waals surface area contributed by atoms with Gasteiger partial charge in [-0.25, -0.2) is 0 Å². The topological polar surface area (TPSA) is 3.24 Å². The average molecular weight is 640 g/mol. The molecule has 46 heavy (non-hydrogen) atoms. The Morgan fingerprint density at radius 2 is 1.04 bits per heavy atom. The highest BCUT2D eigenvalue weighted by Gasteiger charge is 2.43. The number of hydrogen-bond donors (Lipinski definition) is 0. The van der Waals surface area contributed by atoms with Gasteiger partial charge in [-0.1, -0.05) is 159 Å². The predicted octanol–water partition coefficient (Wildman–Crippen LogP) is 9.01. The first-order valence-electron chi connectivity index (χ1n) is 17.3. The number of rotatable bonds is 10. The normalized spacial score (nSPS) is 19.9. The van der Waals surface area contributed by atoms with Crippen molar-refractivity contribution in [2.45, 2.75) is 62.6 Å². The molecule has 0 radical (unpaired) electrons. The molecule has 0 bridgehead atoms. The second-order valence-corrected chi connectivity index (χ2v) is 18.0. The van der Waals surface area contributed by atoms with Crippen molar-refractivity contribution in [3.8, 4) is 0 Å². The summed E-state index contributed by atoms with van der Waals surface area (Å²) >= 11 is 0. The SMILES string of the molecule is CN(C)[C@@H](c1ccccc1P(c1ccccc1)c1ccccc1)C1CCCC1P(c1ccccc1)c1ccccc1C1CCCC1. The lowest BCUT2D eigenvalue weighted by Gasteiger charge is -2.40. The van der Waals surface area contributed by atoms with Gasteiger partial charge in [-0.2, -0.15) is 0 Å². The van der Waals surface area contributed by atoms with Gasteiger partial charge in [0.25, 0.3) is 0 Å². The zero-order chi connectivity index (χ0) is 31.3. The monoisotopic (exact) mass is 639 g/mol. The molecule has 7 rings (SSSR count). The highest BCUT2D eigenvalue weighted by molar-refractivity contribution is 7.80. The van der Waals surface area contributed by atoms with E-state index in [1.54, 1.807) is 16.2 Å². The lowest BCUT2D eigenvalue weighted by Crippen LogP contribution is -2.37. The molecule has 4 atom stereocenters. The van der Waals surface area contributed by atoms with Crippen LogP contribution in [0.15, 0.2) is 140 Å². The van der Waals surface area contributed by atoms with Crippen LogP contribution >= 0.6 is 15.8 Å². The van der Waals surface area contributed by atoms with Crippen LogP contribution in [-0.2, 0) is 0 Å². The zero-order valence-corrected chi connectivity index (χ0v) is 29.2. The fourth-order valence-electron chi connectivity index (χ4n) is 8.46. The van der Waals surface area contributed by atoms with E-state index in [4.69, 9.17) is 0 Å². The number of hydrogen-bond acceptors (Lipinski definition) is 1. The van der Waals surface area contributed by atoms with Crippen molar-refractivity contribution < 1.29 is 0 Å². The molecule has 2 aliphatic carbocycles. The molecule has 0 aliphatic heterocycles. The van der Waals surface area contributed by atoms with Crippen LogP contribution in [0.4, 0.5) is 0 Å². The summed E-state index contributed by atoms with van der Waals surface area (Å²) in [5.74, 6) is 1.30. The Kier molecular flexibility index (Phi) is 10.1. The van der Waals surface area contributed by atoms with Crippen molar-refractivity contribution in [3.05, 3.63) is 151 Å². The van der Waals surface area contributed by atoms with Crippen molar-refractivity contribution >= 4 is 42.4 Å². The molecule has 234 valence electrons. The third-order valence-electron chi connectivity index (χ3n) is 10.4. The smallest absolute Gasteiger partial charge is 0.0383 e. The fourth-order valence-corrected chi connectivity index (χ4v) is 14.4. The maximum atomic E-state index is 2.56. The first-order chi connectivity index (χ1) is 22.7. The van der Waals surface area contributed by atoms with E-state index in [9.17, 15) is 0 Å². The third-order valence-corrected chi connectivity index (χ3v) is 16.0. The summed E-state index contributed by atoms with van der Waals surface area (Å²) in [5, 5.41) is 7.58. The molecule has 0 N–H and O–H groups in total. The highest BCUT2D eigenvalue weighted by Crippen LogP contribution is 2.56. The molecule has 3 heteroatoms. The summed E-state index contributed by atoms with van der Waals surface area (Å²) < 4.78 is 0. The Labute approximate surface area is 279 Å². The second-order valence-electron chi connectivity index (χ2n) is 13.4. The van der Waals surface area contributed by atoms with Crippen LogP contribution < -0.4 is 26.5 Å². The van der Waals surface area contributed by atoms with Gasteiger partial charge in [-0.05, 0) is 111 Å². The first kappa shape index (κ1) is 31.5. The number of nitrogens with zero attached hydrogens (tertiary/aromatic N) is 1. The Bertz CT molecular complexity index is 1640. The van der Waals surface area contributed by atoms with Crippen LogP contribution in [-0.4, -0.2) is 24.7 Å². The van der Waals surface area contributed by atoms with E-state index in [0.29, 0.717) is 17.6 Å². The molecule has 0 heterocycles. The summed E-state index contributed by atoms with van der Waals surface area (Å²) in [4.78, 5) is 2.56. The van der Waals surface area contributed by atoms with Crippen LogP contribution in [0.5, 0.6) is 0 Å². The standard InChI is InChI=1S/C43H47NP2/c1-44(2)43(38-28-15-17-31-41(38)45(34-21-6-3-7-22-34)35-23-8-4-9-24-35)39-29-18-32-42(39)46(36-25-10-5-11-26-36)40-30-16-14-27-37(40)33-19-12-13-20-33/h3-11,14-17,21-28,30-31,33,39,42-43H,12-13,18-20,29,32H2,1-2H3/t39?,42?,43-,46?/m0/s1. The van der Waals surface area contributed by atoms with Crippen molar-refractivity contribution in [1.29, 1.82) is 0 Å². The summed E-state index contributed by atoms with van der Waals surface area (Å²) in [6.07, 6.45) is 9.35. The van der Waals surface area contributed by atoms with E-state index < -0.39 is 15.8 Å². The van der Waals surface area contributed by atoms with E-state index in [2.05, 4.69) is 159 Å². The Balaban J connectivity index is 1.35. The molecule has 0 spiro atoms. The van der Waals surface area contributed by atoms with E-state index in [-0.39, 0.29) is 0 Å². The van der Waals surface area contributed by atoms with Crippen molar-refractivity contribution in [2.24, 2.45) is 5.92 Å². The van der Waals surface area contributed by atoms with E-state index in [0.717, 1.165) is 5.92 Å². The third kappa shape index (κ3) is 6.53. The molecule has 1 nitrogen and oxygen atoms in total. The molecular formula is C43H47NP2. The van der Waals surface area contributed by atoms with Crippen LogP contribution in [0, 0.1) is 5.92 Å². The second kappa shape index (κ2) is 14.8. The van der Waals surface area contributed by atoms with E-state index >= 15 is 0 Å². The van der Waals surface area contributed by atoms with E-state index in [1.165, 1.54) is 66.4 Å². The maximum Gasteiger partial charge on any atom is 0.0383 e. The van der Waals surface area contributed by atoms with Crippen LogP contribution in [0.1, 0.15) is 68.0 Å². The molecule has 5 aromatic rings. The van der Waals surface area contributed by atoms with Crippen molar-refractivity contribution in [1.82, 2.24) is 4.90 Å². The first-order valence-corrected chi connectivity index (χ1v) is 20.0. The van der Waals surface area contributed by atoms with Crippen molar-refractivity contribution in [3.63, 3.8) is 0 Å². The van der Waals surface area contributed by atoms with Gasteiger partial charge < -0.3 is 4.90 Å². The van der Waals surface area contributed by atoms with Gasteiger partial charge in [0.05, 0.1) is 0 Å². The van der Waals surface area contributed by atoms with Gasteiger partial charge in [-0.3, -0.25) is 0 Å². The molecule has 0 aromatic heterocycles. The largest absolute Gasteiger partial charge is 0.302 e.